The van der Waals surface area contributed by atoms with Crippen molar-refractivity contribution in [3.05, 3.63) is 0 Å². The van der Waals surface area contributed by atoms with Gasteiger partial charge in [-0.3, -0.25) is 4.90 Å². The first kappa shape index (κ1) is 11.3. The van der Waals surface area contributed by atoms with Crippen LogP contribution in [0.1, 0.15) is 6.42 Å². The molecule has 1 N–H and O–H groups in total. The summed E-state index contributed by atoms with van der Waals surface area (Å²) >= 11 is 0. The van der Waals surface area contributed by atoms with Crippen LogP contribution in [0.25, 0.3) is 0 Å². The number of likely N-dealkylation sites (N-methyl/N-ethyl adjacent to an activating group) is 1. The van der Waals surface area contributed by atoms with E-state index in [-0.39, 0.29) is 0 Å². The molecule has 88 valence electrons. The van der Waals surface area contributed by atoms with Crippen LogP contribution < -0.4 is 5.32 Å². The molecule has 2 aliphatic rings. The van der Waals surface area contributed by atoms with Gasteiger partial charge in [-0.1, -0.05) is 0 Å². The fourth-order valence-corrected chi connectivity index (χ4v) is 2.53. The third-order valence-corrected chi connectivity index (χ3v) is 3.49. The van der Waals surface area contributed by atoms with E-state index in [1.807, 2.05) is 7.05 Å². The fraction of sp³-hybridized carbons (Fsp3) is 1.00. The second-order valence-electron chi connectivity index (χ2n) is 4.50. The van der Waals surface area contributed by atoms with Gasteiger partial charge < -0.3 is 15.0 Å². The zero-order valence-corrected chi connectivity index (χ0v) is 9.74. The molecule has 0 aliphatic carbocycles. The van der Waals surface area contributed by atoms with Crippen molar-refractivity contribution in [2.45, 2.75) is 12.5 Å². The number of nitrogens with zero attached hydrogens (tertiary/aromatic N) is 2. The van der Waals surface area contributed by atoms with Gasteiger partial charge in [0.25, 0.3) is 0 Å². The molecule has 0 amide bonds. The first-order valence-corrected chi connectivity index (χ1v) is 6.09. The SMILES string of the molecule is CNCCN1CCC(N2CCOCC2)C1. The van der Waals surface area contributed by atoms with Gasteiger partial charge in [0.15, 0.2) is 0 Å². The van der Waals surface area contributed by atoms with Crippen molar-refractivity contribution in [2.75, 3.05) is 59.5 Å². The Morgan fingerprint density at radius 2 is 2.07 bits per heavy atom. The number of hydrogen-bond donors (Lipinski definition) is 1. The second kappa shape index (κ2) is 5.80. The Hall–Kier alpha value is -0.160. The number of ether oxygens (including phenoxy) is 1. The minimum atomic E-state index is 0.783. The molecule has 4 heteroatoms. The summed E-state index contributed by atoms with van der Waals surface area (Å²) in [5.74, 6) is 0. The lowest BCUT2D eigenvalue weighted by molar-refractivity contribution is 0.0185. The van der Waals surface area contributed by atoms with E-state index < -0.39 is 0 Å². The summed E-state index contributed by atoms with van der Waals surface area (Å²) in [6.45, 7) is 8.92. The van der Waals surface area contributed by atoms with Gasteiger partial charge in [0, 0.05) is 38.8 Å². The number of likely N-dealkylation sites (tertiary alicyclic amines) is 1. The average molecular weight is 213 g/mol. The molecule has 1 unspecified atom stereocenters. The molecule has 0 radical (unpaired) electrons. The van der Waals surface area contributed by atoms with Gasteiger partial charge in [0.2, 0.25) is 0 Å². The smallest absolute Gasteiger partial charge is 0.0594 e. The second-order valence-corrected chi connectivity index (χ2v) is 4.50. The topological polar surface area (TPSA) is 27.7 Å². The highest BCUT2D eigenvalue weighted by atomic mass is 16.5. The third kappa shape index (κ3) is 3.14. The molecule has 0 spiro atoms. The number of nitrogens with one attached hydrogen (secondary N) is 1. The molecule has 2 fully saturated rings. The van der Waals surface area contributed by atoms with E-state index in [4.69, 9.17) is 4.74 Å². The van der Waals surface area contributed by atoms with Crippen LogP contribution in [0, 0.1) is 0 Å². The van der Waals surface area contributed by atoms with E-state index in [2.05, 4.69) is 15.1 Å². The van der Waals surface area contributed by atoms with Crippen molar-refractivity contribution in [3.8, 4) is 0 Å². The van der Waals surface area contributed by atoms with E-state index in [0.29, 0.717) is 0 Å². The molecule has 0 aromatic rings. The monoisotopic (exact) mass is 213 g/mol. The van der Waals surface area contributed by atoms with Gasteiger partial charge in [-0.2, -0.15) is 0 Å². The van der Waals surface area contributed by atoms with Crippen LogP contribution in [0.3, 0.4) is 0 Å². The van der Waals surface area contributed by atoms with Gasteiger partial charge in [0.05, 0.1) is 13.2 Å². The van der Waals surface area contributed by atoms with E-state index in [1.165, 1.54) is 26.1 Å². The molecule has 2 heterocycles. The first-order valence-electron chi connectivity index (χ1n) is 6.09. The quantitative estimate of drug-likeness (QED) is 0.688. The fourth-order valence-electron chi connectivity index (χ4n) is 2.53. The summed E-state index contributed by atoms with van der Waals surface area (Å²) in [6, 6.07) is 0.783. The molecule has 0 bridgehead atoms. The minimum absolute atomic E-state index is 0.783. The largest absolute Gasteiger partial charge is 0.379 e. The van der Waals surface area contributed by atoms with Gasteiger partial charge in [-0.05, 0) is 20.0 Å². The summed E-state index contributed by atoms with van der Waals surface area (Å²) in [7, 11) is 2.02. The lowest BCUT2D eigenvalue weighted by atomic mass is 10.2. The predicted octanol–water partition coefficient (Wildman–Crippen LogP) is -0.388. The maximum Gasteiger partial charge on any atom is 0.0594 e. The Labute approximate surface area is 92.6 Å². The average Bonchev–Trinajstić information content (AvgIpc) is 2.76. The first-order chi connectivity index (χ1) is 7.40. The normalized spacial score (nSPS) is 29.8. The summed E-state index contributed by atoms with van der Waals surface area (Å²) in [5.41, 5.74) is 0. The number of morpholine rings is 1. The standard InChI is InChI=1S/C11H23N3O/c1-12-3-5-13-4-2-11(10-13)14-6-8-15-9-7-14/h11-12H,2-10H2,1H3. The molecular weight excluding hydrogens is 190 g/mol. The minimum Gasteiger partial charge on any atom is -0.379 e. The Bertz CT molecular complexity index is 183. The number of rotatable bonds is 4. The summed E-state index contributed by atoms with van der Waals surface area (Å²) in [5, 5.41) is 3.21. The number of hydrogen-bond acceptors (Lipinski definition) is 4. The Balaban J connectivity index is 1.71. The molecule has 1 atom stereocenters. The van der Waals surface area contributed by atoms with Gasteiger partial charge >= 0.3 is 0 Å². The molecule has 0 saturated carbocycles. The van der Waals surface area contributed by atoms with E-state index >= 15 is 0 Å². The molecule has 4 nitrogen and oxygen atoms in total. The zero-order valence-electron chi connectivity index (χ0n) is 9.74. The highest BCUT2D eigenvalue weighted by molar-refractivity contribution is 4.84. The Kier molecular flexibility index (Phi) is 4.38. The lowest BCUT2D eigenvalue weighted by Gasteiger charge is -2.32. The van der Waals surface area contributed by atoms with E-state index in [1.54, 1.807) is 0 Å². The highest BCUT2D eigenvalue weighted by Gasteiger charge is 2.27. The molecular formula is C11H23N3O. The molecule has 15 heavy (non-hydrogen) atoms. The van der Waals surface area contributed by atoms with Crippen molar-refractivity contribution in [3.63, 3.8) is 0 Å². The van der Waals surface area contributed by atoms with Crippen molar-refractivity contribution in [1.29, 1.82) is 0 Å². The summed E-state index contributed by atoms with van der Waals surface area (Å²) < 4.78 is 5.39. The van der Waals surface area contributed by atoms with Crippen molar-refractivity contribution in [1.82, 2.24) is 15.1 Å². The van der Waals surface area contributed by atoms with Crippen LogP contribution in [0.2, 0.25) is 0 Å². The molecule has 2 rings (SSSR count). The Morgan fingerprint density at radius 1 is 1.27 bits per heavy atom. The van der Waals surface area contributed by atoms with Crippen LogP contribution in [-0.4, -0.2) is 75.4 Å². The van der Waals surface area contributed by atoms with Gasteiger partial charge in [-0.25, -0.2) is 0 Å². The van der Waals surface area contributed by atoms with Crippen LogP contribution in [-0.2, 0) is 4.74 Å². The summed E-state index contributed by atoms with van der Waals surface area (Å²) in [4.78, 5) is 5.17. The molecule has 0 aromatic heterocycles. The lowest BCUT2D eigenvalue weighted by Crippen LogP contribution is -2.45. The van der Waals surface area contributed by atoms with Crippen LogP contribution in [0.15, 0.2) is 0 Å². The Morgan fingerprint density at radius 3 is 2.80 bits per heavy atom. The predicted molar refractivity (Wildman–Crippen MR) is 61.2 cm³/mol. The van der Waals surface area contributed by atoms with Gasteiger partial charge in [-0.15, -0.1) is 0 Å². The molecule has 2 aliphatic heterocycles. The zero-order chi connectivity index (χ0) is 10.5. The highest BCUT2D eigenvalue weighted by Crippen LogP contribution is 2.16. The maximum absolute atomic E-state index is 5.39. The molecule has 0 aromatic carbocycles. The van der Waals surface area contributed by atoms with Gasteiger partial charge in [0.1, 0.15) is 0 Å². The van der Waals surface area contributed by atoms with Crippen molar-refractivity contribution in [2.24, 2.45) is 0 Å². The van der Waals surface area contributed by atoms with Crippen LogP contribution in [0.4, 0.5) is 0 Å². The van der Waals surface area contributed by atoms with Crippen molar-refractivity contribution >= 4 is 0 Å². The van der Waals surface area contributed by atoms with Crippen LogP contribution in [0.5, 0.6) is 0 Å². The molecule has 2 saturated heterocycles. The van der Waals surface area contributed by atoms with E-state index in [9.17, 15) is 0 Å². The maximum atomic E-state index is 5.39. The van der Waals surface area contributed by atoms with Crippen molar-refractivity contribution < 1.29 is 4.74 Å². The third-order valence-electron chi connectivity index (χ3n) is 3.49. The van der Waals surface area contributed by atoms with E-state index in [0.717, 1.165) is 38.9 Å². The van der Waals surface area contributed by atoms with Crippen LogP contribution >= 0.6 is 0 Å². The summed E-state index contributed by atoms with van der Waals surface area (Å²) in [6.07, 6.45) is 1.34.